The van der Waals surface area contributed by atoms with Crippen LogP contribution in [0.15, 0.2) is 30.5 Å². The normalized spacial score (nSPS) is 10.7. The van der Waals surface area contributed by atoms with E-state index in [4.69, 9.17) is 10.5 Å². The third-order valence-corrected chi connectivity index (χ3v) is 2.74. The number of nitrogens with zero attached hydrogens (tertiary/aromatic N) is 2. The standard InChI is InChI=1S/C14H17N3O/c1-9(2)12-6-7-16-14(17-12)11-5-4-10(15)8-13(11)18-3/h4-9H,15H2,1-3H3. The summed E-state index contributed by atoms with van der Waals surface area (Å²) >= 11 is 0. The summed E-state index contributed by atoms with van der Waals surface area (Å²) in [5.74, 6) is 1.72. The third kappa shape index (κ3) is 2.42. The van der Waals surface area contributed by atoms with Crippen LogP contribution in [0.3, 0.4) is 0 Å². The number of rotatable bonds is 3. The average Bonchev–Trinajstić information content (AvgIpc) is 2.38. The number of ether oxygens (including phenoxy) is 1. The SMILES string of the molecule is COc1cc(N)ccc1-c1nccc(C(C)C)n1. The molecule has 0 aliphatic heterocycles. The van der Waals surface area contributed by atoms with E-state index in [1.807, 2.05) is 18.2 Å². The monoisotopic (exact) mass is 243 g/mol. The molecule has 94 valence electrons. The molecule has 0 spiro atoms. The molecule has 0 radical (unpaired) electrons. The molecule has 0 aliphatic carbocycles. The van der Waals surface area contributed by atoms with Crippen LogP contribution in [0.2, 0.25) is 0 Å². The third-order valence-electron chi connectivity index (χ3n) is 2.74. The van der Waals surface area contributed by atoms with Gasteiger partial charge in [0.2, 0.25) is 0 Å². The Morgan fingerprint density at radius 2 is 2.00 bits per heavy atom. The van der Waals surface area contributed by atoms with Crippen LogP contribution in [0.25, 0.3) is 11.4 Å². The zero-order valence-corrected chi connectivity index (χ0v) is 10.8. The van der Waals surface area contributed by atoms with E-state index in [-0.39, 0.29) is 0 Å². The first-order valence-corrected chi connectivity index (χ1v) is 5.88. The van der Waals surface area contributed by atoms with E-state index in [1.54, 1.807) is 19.4 Å². The van der Waals surface area contributed by atoms with Crippen LogP contribution < -0.4 is 10.5 Å². The lowest BCUT2D eigenvalue weighted by molar-refractivity contribution is 0.416. The number of benzene rings is 1. The lowest BCUT2D eigenvalue weighted by atomic mass is 10.1. The highest BCUT2D eigenvalue weighted by molar-refractivity contribution is 5.67. The molecule has 1 aromatic heterocycles. The molecule has 1 aromatic carbocycles. The Kier molecular flexibility index (Phi) is 3.46. The molecule has 0 saturated carbocycles. The summed E-state index contributed by atoms with van der Waals surface area (Å²) in [6, 6.07) is 7.41. The summed E-state index contributed by atoms with van der Waals surface area (Å²) in [5.41, 5.74) is 8.27. The summed E-state index contributed by atoms with van der Waals surface area (Å²) in [5, 5.41) is 0. The van der Waals surface area contributed by atoms with E-state index in [0.717, 1.165) is 11.3 Å². The maximum atomic E-state index is 5.74. The van der Waals surface area contributed by atoms with Crippen molar-refractivity contribution in [1.29, 1.82) is 0 Å². The van der Waals surface area contributed by atoms with Gasteiger partial charge < -0.3 is 10.5 Å². The molecule has 0 atom stereocenters. The van der Waals surface area contributed by atoms with Crippen molar-refractivity contribution in [3.63, 3.8) is 0 Å². The Hall–Kier alpha value is -2.10. The predicted octanol–water partition coefficient (Wildman–Crippen LogP) is 2.86. The van der Waals surface area contributed by atoms with Gasteiger partial charge in [0.05, 0.1) is 12.7 Å². The van der Waals surface area contributed by atoms with E-state index in [2.05, 4.69) is 23.8 Å². The summed E-state index contributed by atoms with van der Waals surface area (Å²) in [4.78, 5) is 8.85. The van der Waals surface area contributed by atoms with Gasteiger partial charge in [0.25, 0.3) is 0 Å². The van der Waals surface area contributed by atoms with Gasteiger partial charge in [-0.1, -0.05) is 13.8 Å². The van der Waals surface area contributed by atoms with Crippen LogP contribution in [0.1, 0.15) is 25.5 Å². The number of hydrogen-bond donors (Lipinski definition) is 1. The van der Waals surface area contributed by atoms with Gasteiger partial charge in [-0.3, -0.25) is 0 Å². The van der Waals surface area contributed by atoms with E-state index in [0.29, 0.717) is 23.2 Å². The Bertz CT molecular complexity index is 552. The van der Waals surface area contributed by atoms with Crippen molar-refractivity contribution in [3.05, 3.63) is 36.2 Å². The van der Waals surface area contributed by atoms with Crippen molar-refractivity contribution in [2.45, 2.75) is 19.8 Å². The largest absolute Gasteiger partial charge is 0.496 e. The molecule has 0 saturated heterocycles. The van der Waals surface area contributed by atoms with Crippen LogP contribution in [0, 0.1) is 0 Å². The summed E-state index contributed by atoms with van der Waals surface area (Å²) in [7, 11) is 1.62. The maximum Gasteiger partial charge on any atom is 0.163 e. The van der Waals surface area contributed by atoms with Crippen molar-refractivity contribution in [1.82, 2.24) is 9.97 Å². The topological polar surface area (TPSA) is 61.0 Å². The zero-order valence-electron chi connectivity index (χ0n) is 10.8. The average molecular weight is 243 g/mol. The first-order valence-electron chi connectivity index (χ1n) is 5.88. The fourth-order valence-electron chi connectivity index (χ4n) is 1.72. The fourth-order valence-corrected chi connectivity index (χ4v) is 1.72. The molecule has 4 nitrogen and oxygen atoms in total. The Morgan fingerprint density at radius 3 is 2.67 bits per heavy atom. The lowest BCUT2D eigenvalue weighted by Crippen LogP contribution is -1.99. The minimum Gasteiger partial charge on any atom is -0.496 e. The Balaban J connectivity index is 2.51. The summed E-state index contributed by atoms with van der Waals surface area (Å²) in [6.07, 6.45) is 1.77. The van der Waals surface area contributed by atoms with Crippen LogP contribution in [-0.4, -0.2) is 17.1 Å². The molecule has 0 amide bonds. The number of hydrogen-bond acceptors (Lipinski definition) is 4. The molecular weight excluding hydrogens is 226 g/mol. The second-order valence-electron chi connectivity index (χ2n) is 4.42. The lowest BCUT2D eigenvalue weighted by Gasteiger charge is -2.10. The van der Waals surface area contributed by atoms with Crippen LogP contribution in [0.5, 0.6) is 5.75 Å². The van der Waals surface area contributed by atoms with Gasteiger partial charge in [0, 0.05) is 23.6 Å². The maximum absolute atomic E-state index is 5.74. The second-order valence-corrected chi connectivity index (χ2v) is 4.42. The van der Waals surface area contributed by atoms with Gasteiger partial charge in [0.15, 0.2) is 5.82 Å². The molecule has 0 unspecified atom stereocenters. The number of nitrogen functional groups attached to an aromatic ring is 1. The van der Waals surface area contributed by atoms with Crippen LogP contribution >= 0.6 is 0 Å². The Morgan fingerprint density at radius 1 is 1.22 bits per heavy atom. The fraction of sp³-hybridized carbons (Fsp3) is 0.286. The summed E-state index contributed by atoms with van der Waals surface area (Å²) < 4.78 is 5.32. The first-order chi connectivity index (χ1) is 8.61. The zero-order chi connectivity index (χ0) is 13.1. The highest BCUT2D eigenvalue weighted by Crippen LogP contribution is 2.29. The van der Waals surface area contributed by atoms with E-state index < -0.39 is 0 Å². The molecule has 2 rings (SSSR count). The second kappa shape index (κ2) is 5.04. The number of aromatic nitrogens is 2. The molecular formula is C14H17N3O. The molecule has 4 heteroatoms. The van der Waals surface area contributed by atoms with Gasteiger partial charge in [-0.25, -0.2) is 9.97 Å². The minimum atomic E-state index is 0.367. The van der Waals surface area contributed by atoms with Gasteiger partial charge in [-0.05, 0) is 24.1 Å². The predicted molar refractivity (Wildman–Crippen MR) is 72.5 cm³/mol. The van der Waals surface area contributed by atoms with Crippen molar-refractivity contribution in [3.8, 4) is 17.1 Å². The highest BCUT2D eigenvalue weighted by Gasteiger charge is 2.10. The van der Waals surface area contributed by atoms with Crippen molar-refractivity contribution >= 4 is 5.69 Å². The van der Waals surface area contributed by atoms with Gasteiger partial charge in [-0.15, -0.1) is 0 Å². The molecule has 2 aromatic rings. The molecule has 18 heavy (non-hydrogen) atoms. The van der Waals surface area contributed by atoms with E-state index >= 15 is 0 Å². The van der Waals surface area contributed by atoms with E-state index in [9.17, 15) is 0 Å². The van der Waals surface area contributed by atoms with Gasteiger partial charge in [-0.2, -0.15) is 0 Å². The number of nitrogens with two attached hydrogens (primary N) is 1. The van der Waals surface area contributed by atoms with Gasteiger partial charge >= 0.3 is 0 Å². The van der Waals surface area contributed by atoms with Crippen LogP contribution in [0.4, 0.5) is 5.69 Å². The molecule has 0 bridgehead atoms. The van der Waals surface area contributed by atoms with Crippen molar-refractivity contribution in [2.24, 2.45) is 0 Å². The molecule has 1 heterocycles. The minimum absolute atomic E-state index is 0.367. The van der Waals surface area contributed by atoms with E-state index in [1.165, 1.54) is 0 Å². The Labute approximate surface area is 107 Å². The first kappa shape index (κ1) is 12.4. The summed E-state index contributed by atoms with van der Waals surface area (Å²) in [6.45, 7) is 4.21. The number of methoxy groups -OCH3 is 1. The molecule has 2 N–H and O–H groups in total. The molecule has 0 fully saturated rings. The number of anilines is 1. The van der Waals surface area contributed by atoms with Crippen molar-refractivity contribution in [2.75, 3.05) is 12.8 Å². The quantitative estimate of drug-likeness (QED) is 0.842. The smallest absolute Gasteiger partial charge is 0.163 e. The van der Waals surface area contributed by atoms with Crippen LogP contribution in [-0.2, 0) is 0 Å². The van der Waals surface area contributed by atoms with Gasteiger partial charge in [0.1, 0.15) is 5.75 Å². The van der Waals surface area contributed by atoms with Crippen molar-refractivity contribution < 1.29 is 4.74 Å². The molecule has 0 aliphatic rings. The highest BCUT2D eigenvalue weighted by atomic mass is 16.5.